The van der Waals surface area contributed by atoms with Gasteiger partial charge < -0.3 is 9.84 Å². The molecule has 0 spiro atoms. The van der Waals surface area contributed by atoms with Gasteiger partial charge in [0.05, 0.1) is 6.61 Å². The summed E-state index contributed by atoms with van der Waals surface area (Å²) in [6, 6.07) is 0. The number of carbonyl (C=O) groups is 1. The van der Waals surface area contributed by atoms with Crippen LogP contribution in [0.3, 0.4) is 0 Å². The smallest absolute Gasteiger partial charge is 0.462 e. The molecule has 1 rings (SSSR count). The van der Waals surface area contributed by atoms with Gasteiger partial charge in [-0.25, -0.2) is 4.79 Å². The molecule has 0 aromatic carbocycles. The van der Waals surface area contributed by atoms with Gasteiger partial charge in [0.25, 0.3) is 0 Å². The van der Waals surface area contributed by atoms with Gasteiger partial charge in [-0.15, -0.1) is 0 Å². The van der Waals surface area contributed by atoms with Crippen LogP contribution in [-0.4, -0.2) is 28.1 Å². The van der Waals surface area contributed by atoms with Crippen LogP contribution in [0.1, 0.15) is 17.5 Å². The monoisotopic (exact) mass is 164 g/mol. The Labute approximate surface area is 85.0 Å². The zero-order chi connectivity index (χ0) is 7.40. The summed E-state index contributed by atoms with van der Waals surface area (Å²) in [5, 5.41) is 12.8. The molecule has 0 N–H and O–H groups in total. The predicted molar refractivity (Wildman–Crippen MR) is 29.1 cm³/mol. The molecule has 1 aromatic heterocycles. The molecule has 0 saturated carbocycles. The first-order valence-corrected chi connectivity index (χ1v) is 2.70. The zero-order valence-electron chi connectivity index (χ0n) is 6.31. The first-order valence-electron chi connectivity index (χ1n) is 2.70. The number of esters is 1. The minimum absolute atomic E-state index is 0. The first-order chi connectivity index (χ1) is 4.84. The van der Waals surface area contributed by atoms with Crippen molar-refractivity contribution in [1.29, 1.82) is 0 Å². The van der Waals surface area contributed by atoms with Crippen LogP contribution < -0.4 is 34.7 Å². The molecule has 0 atom stereocenters. The number of tetrazole rings is 1. The minimum atomic E-state index is -0.590. The van der Waals surface area contributed by atoms with Crippen LogP contribution in [-0.2, 0) is 4.74 Å². The molecule has 6 nitrogen and oxygen atoms in total. The van der Waals surface area contributed by atoms with Gasteiger partial charge in [0.15, 0.2) is 0 Å². The van der Waals surface area contributed by atoms with Crippen molar-refractivity contribution in [2.24, 2.45) is 0 Å². The second-order valence-electron chi connectivity index (χ2n) is 1.42. The van der Waals surface area contributed by atoms with Gasteiger partial charge in [0.1, 0.15) is 5.82 Å². The molecule has 0 amide bonds. The maximum Gasteiger partial charge on any atom is 1.00 e. The number of ether oxygens (including phenoxy) is 1. The van der Waals surface area contributed by atoms with Crippen LogP contribution >= 0.6 is 0 Å². The molecule has 0 aliphatic rings. The number of nitrogens with zero attached hydrogens (tertiary/aromatic N) is 4. The molecule has 0 radical (unpaired) electrons. The predicted octanol–water partition coefficient (Wildman–Crippen LogP) is -3.99. The third-order valence-corrected chi connectivity index (χ3v) is 0.777. The SMILES string of the molecule is CCOC(=O)c1nnn[n-]1.[Na+]. The minimum Gasteiger partial charge on any atom is -0.462 e. The molecular weight excluding hydrogens is 159 g/mol. The molecule has 54 valence electrons. The molecule has 1 aromatic rings. The number of rotatable bonds is 2. The largest absolute Gasteiger partial charge is 1.00 e. The normalized spacial score (nSPS) is 8.45. The topological polar surface area (TPSA) is 79.1 Å². The Morgan fingerprint density at radius 3 is 2.91 bits per heavy atom. The molecular formula is C4H5N4NaO2. The molecule has 0 aliphatic heterocycles. The Balaban J connectivity index is 0.000001000. The third-order valence-electron chi connectivity index (χ3n) is 0.777. The van der Waals surface area contributed by atoms with E-state index in [1.807, 2.05) is 0 Å². The number of hydrogen-bond donors (Lipinski definition) is 0. The molecule has 1 heterocycles. The van der Waals surface area contributed by atoms with Gasteiger partial charge in [-0.3, -0.25) is 10.3 Å². The van der Waals surface area contributed by atoms with Crippen molar-refractivity contribution < 1.29 is 39.1 Å². The van der Waals surface area contributed by atoms with Crippen LogP contribution in [0.4, 0.5) is 0 Å². The molecule has 0 aliphatic carbocycles. The molecule has 0 bridgehead atoms. The number of hydrogen-bond acceptors (Lipinski definition) is 5. The van der Waals surface area contributed by atoms with E-state index in [9.17, 15) is 4.79 Å². The summed E-state index contributed by atoms with van der Waals surface area (Å²) >= 11 is 0. The molecule has 0 unspecified atom stereocenters. The quantitative estimate of drug-likeness (QED) is 0.327. The van der Waals surface area contributed by atoms with Crippen LogP contribution in [0, 0.1) is 0 Å². The van der Waals surface area contributed by atoms with Gasteiger partial charge in [-0.05, 0) is 6.92 Å². The Hall–Kier alpha value is -0.460. The van der Waals surface area contributed by atoms with Crippen LogP contribution in [0.2, 0.25) is 0 Å². The average Bonchev–Trinajstić information content (AvgIpc) is 2.38. The summed E-state index contributed by atoms with van der Waals surface area (Å²) in [6.07, 6.45) is 0. The summed E-state index contributed by atoms with van der Waals surface area (Å²) in [5.41, 5.74) is 0. The van der Waals surface area contributed by atoms with E-state index < -0.39 is 5.97 Å². The van der Waals surface area contributed by atoms with Gasteiger partial charge in [-0.2, -0.15) is 5.21 Å². The maximum atomic E-state index is 10.7. The van der Waals surface area contributed by atoms with E-state index in [-0.39, 0.29) is 35.4 Å². The van der Waals surface area contributed by atoms with E-state index in [0.717, 1.165) is 0 Å². The van der Waals surface area contributed by atoms with Crippen molar-refractivity contribution in [3.63, 3.8) is 0 Å². The molecule has 0 saturated heterocycles. The second-order valence-corrected chi connectivity index (χ2v) is 1.42. The molecule has 7 heteroatoms. The van der Waals surface area contributed by atoms with Crippen molar-refractivity contribution in [3.8, 4) is 0 Å². The van der Waals surface area contributed by atoms with Crippen molar-refractivity contribution in [2.75, 3.05) is 6.61 Å². The standard InChI is InChI=1S/C4H6N4O2.Na/c1-2-10-4(9)3-5-7-8-6-3;/h2H2,1H3,(H,5,6,7,8,9);/q;+1/p-1. The molecule has 11 heavy (non-hydrogen) atoms. The van der Waals surface area contributed by atoms with E-state index in [2.05, 4.69) is 25.4 Å². The van der Waals surface area contributed by atoms with Gasteiger partial charge in [0, 0.05) is 0 Å². The van der Waals surface area contributed by atoms with Crippen molar-refractivity contribution in [1.82, 2.24) is 20.6 Å². The first kappa shape index (κ1) is 10.5. The number of aromatic nitrogens is 4. The van der Waals surface area contributed by atoms with Gasteiger partial charge in [-0.1, -0.05) is 0 Å². The Bertz CT molecular complexity index is 212. The van der Waals surface area contributed by atoms with Crippen LogP contribution in [0.25, 0.3) is 0 Å². The zero-order valence-corrected chi connectivity index (χ0v) is 8.31. The summed E-state index contributed by atoms with van der Waals surface area (Å²) in [6.45, 7) is 2.00. The van der Waals surface area contributed by atoms with E-state index >= 15 is 0 Å². The second kappa shape index (κ2) is 5.22. The summed E-state index contributed by atoms with van der Waals surface area (Å²) in [7, 11) is 0. The number of carbonyl (C=O) groups excluding carboxylic acids is 1. The van der Waals surface area contributed by atoms with E-state index in [0.29, 0.717) is 6.61 Å². The Kier molecular flexibility index (Phi) is 5.01. The third kappa shape index (κ3) is 2.96. The van der Waals surface area contributed by atoms with Crippen LogP contribution in [0.5, 0.6) is 0 Å². The van der Waals surface area contributed by atoms with Crippen LogP contribution in [0.15, 0.2) is 0 Å². The fourth-order valence-corrected chi connectivity index (χ4v) is 0.422. The van der Waals surface area contributed by atoms with Gasteiger partial charge in [0.2, 0.25) is 0 Å². The van der Waals surface area contributed by atoms with E-state index in [1.165, 1.54) is 0 Å². The molecule has 0 fully saturated rings. The average molecular weight is 164 g/mol. The van der Waals surface area contributed by atoms with Gasteiger partial charge >= 0.3 is 35.5 Å². The summed E-state index contributed by atoms with van der Waals surface area (Å²) in [4.78, 5) is 10.7. The van der Waals surface area contributed by atoms with E-state index in [4.69, 9.17) is 0 Å². The summed E-state index contributed by atoms with van der Waals surface area (Å²) < 4.78 is 4.54. The Morgan fingerprint density at radius 2 is 2.45 bits per heavy atom. The van der Waals surface area contributed by atoms with E-state index in [1.54, 1.807) is 6.92 Å². The Morgan fingerprint density at radius 1 is 1.73 bits per heavy atom. The summed E-state index contributed by atoms with van der Waals surface area (Å²) in [5.74, 6) is -0.686. The fourth-order valence-electron chi connectivity index (χ4n) is 0.422. The van der Waals surface area contributed by atoms with Crippen molar-refractivity contribution in [2.45, 2.75) is 6.92 Å². The fraction of sp³-hybridized carbons (Fsp3) is 0.500. The maximum absolute atomic E-state index is 10.7. The van der Waals surface area contributed by atoms with Crippen molar-refractivity contribution >= 4 is 5.97 Å². The van der Waals surface area contributed by atoms with Crippen molar-refractivity contribution in [3.05, 3.63) is 5.82 Å².